The lowest BCUT2D eigenvalue weighted by atomic mass is 9.81. The summed E-state index contributed by atoms with van der Waals surface area (Å²) in [7, 11) is 0. The molecule has 2 aliphatic heterocycles. The first kappa shape index (κ1) is 48.4. The Kier molecular flexibility index (Phi) is 16.5. The Bertz CT molecular complexity index is 2140. The van der Waals surface area contributed by atoms with Gasteiger partial charge in [0.25, 0.3) is 11.0 Å². The number of halogens is 7. The molecule has 0 N–H and O–H groups in total. The molecule has 3 aromatic rings. The predicted molar refractivity (Wildman–Crippen MR) is 226 cm³/mol. The average Bonchev–Trinajstić information content (AvgIpc) is 3.21. The number of likely N-dealkylation sites (N-methyl/N-ethyl adjacent to an activating group) is 1. The van der Waals surface area contributed by atoms with Crippen molar-refractivity contribution in [2.75, 3.05) is 39.5 Å². The first-order valence-corrected chi connectivity index (χ1v) is 21.2. The molecule has 2 unspecified atom stereocenters. The lowest BCUT2D eigenvalue weighted by Gasteiger charge is -2.51. The van der Waals surface area contributed by atoms with Crippen molar-refractivity contribution in [1.29, 1.82) is 0 Å². The number of hydrogen-bond donors (Lipinski definition) is 0. The summed E-state index contributed by atoms with van der Waals surface area (Å²) in [4.78, 5) is 62.1. The Balaban J connectivity index is 1.49. The van der Waals surface area contributed by atoms with E-state index in [1.165, 1.54) is 23.6 Å². The highest BCUT2D eigenvalue weighted by Gasteiger charge is 2.52. The van der Waals surface area contributed by atoms with Gasteiger partial charge in [-0.2, -0.15) is 4.39 Å². The zero-order valence-corrected chi connectivity index (χ0v) is 37.0. The van der Waals surface area contributed by atoms with E-state index >= 15 is 4.79 Å². The molecule has 1 fully saturated rings. The number of piperazine rings is 1. The van der Waals surface area contributed by atoms with E-state index in [-0.39, 0.29) is 70.8 Å². The van der Waals surface area contributed by atoms with Crippen LogP contribution in [0.15, 0.2) is 66.2 Å². The molecule has 0 spiro atoms. The summed E-state index contributed by atoms with van der Waals surface area (Å²) < 4.78 is 56.3. The topological polar surface area (TPSA) is 141 Å². The van der Waals surface area contributed by atoms with E-state index in [4.69, 9.17) is 60.6 Å². The van der Waals surface area contributed by atoms with E-state index in [0.717, 1.165) is 11.6 Å². The van der Waals surface area contributed by atoms with Crippen molar-refractivity contribution in [1.82, 2.24) is 14.7 Å². The van der Waals surface area contributed by atoms with E-state index in [1.807, 2.05) is 24.3 Å². The molecule has 2 atom stereocenters. The molecular formula is C42H45Cl4F3N4O9. The number of carbonyl (C=O) groups is 3. The summed E-state index contributed by atoms with van der Waals surface area (Å²) in [6, 6.07) is 14.0. The fraction of sp³-hybridized carbons (Fsp3) is 0.452. The van der Waals surface area contributed by atoms with Crippen molar-refractivity contribution in [3.8, 4) is 5.75 Å². The Morgan fingerprint density at radius 2 is 1.58 bits per heavy atom. The molecule has 1 saturated heterocycles. The molecule has 3 aromatic carbocycles. The third-order valence-corrected chi connectivity index (χ3v) is 12.2. The third kappa shape index (κ3) is 11.9. The molecule has 62 heavy (non-hydrogen) atoms. The van der Waals surface area contributed by atoms with Crippen LogP contribution in [0.1, 0.15) is 63.1 Å². The van der Waals surface area contributed by atoms with Crippen LogP contribution in [0.2, 0.25) is 5.02 Å². The SMILES string of the molecule is CCN(Cc1ccccc1Cl)C(=O)C1=C(c2ccc(CCCOc3c(F)ccc(F)c3F)cc2)CC2CN(C(=O)OCCCCO[N+](=O)[O-])CC1N2C(=O)OC(C)(C)C(Cl)(Cl)Cl. The van der Waals surface area contributed by atoms with Gasteiger partial charge in [0.05, 0.1) is 31.9 Å². The first-order valence-electron chi connectivity index (χ1n) is 19.7. The molecular weight excluding hydrogens is 903 g/mol. The molecule has 0 aromatic heterocycles. The smallest absolute Gasteiger partial charge is 0.411 e. The summed E-state index contributed by atoms with van der Waals surface area (Å²) in [6.45, 7) is 4.45. The van der Waals surface area contributed by atoms with Gasteiger partial charge in [-0.15, -0.1) is 10.1 Å². The van der Waals surface area contributed by atoms with Crippen LogP contribution in [-0.4, -0.2) is 98.8 Å². The lowest BCUT2D eigenvalue weighted by Crippen LogP contribution is -2.66. The third-order valence-electron chi connectivity index (χ3n) is 10.5. The van der Waals surface area contributed by atoms with Gasteiger partial charge in [-0.1, -0.05) is 88.9 Å². The van der Waals surface area contributed by atoms with Crippen molar-refractivity contribution >= 4 is 70.1 Å². The van der Waals surface area contributed by atoms with Crippen molar-refractivity contribution in [2.45, 2.75) is 80.9 Å². The second-order valence-corrected chi connectivity index (χ2v) is 17.8. The summed E-state index contributed by atoms with van der Waals surface area (Å²) in [5, 5.41) is 10.0. The number of benzene rings is 3. The van der Waals surface area contributed by atoms with Gasteiger partial charge in [-0.25, -0.2) is 18.4 Å². The largest absolute Gasteiger partial charge is 0.488 e. The van der Waals surface area contributed by atoms with Crippen LogP contribution in [0.3, 0.4) is 0 Å². The van der Waals surface area contributed by atoms with E-state index < -0.39 is 67.9 Å². The second kappa shape index (κ2) is 21.2. The number of ether oxygens (including phenoxy) is 3. The molecule has 3 amide bonds. The first-order chi connectivity index (χ1) is 29.3. The number of unbranched alkanes of at least 4 members (excludes halogenated alkanes) is 1. The average molecular weight is 949 g/mol. The van der Waals surface area contributed by atoms with Gasteiger partial charge in [0.15, 0.2) is 23.0 Å². The van der Waals surface area contributed by atoms with Crippen molar-refractivity contribution < 1.29 is 51.7 Å². The zero-order valence-electron chi connectivity index (χ0n) is 34.0. The zero-order chi connectivity index (χ0) is 45.4. The van der Waals surface area contributed by atoms with E-state index in [2.05, 4.69) is 4.84 Å². The Labute approximate surface area is 376 Å². The predicted octanol–water partition coefficient (Wildman–Crippen LogP) is 9.74. The van der Waals surface area contributed by atoms with Gasteiger partial charge < -0.3 is 28.8 Å². The molecule has 5 rings (SSSR count). The molecule has 336 valence electrons. The van der Waals surface area contributed by atoms with Crippen LogP contribution in [0.5, 0.6) is 5.75 Å². The van der Waals surface area contributed by atoms with Crippen molar-refractivity contribution in [3.05, 3.63) is 116 Å². The van der Waals surface area contributed by atoms with Crippen LogP contribution in [0.4, 0.5) is 22.8 Å². The molecule has 0 radical (unpaired) electrons. The number of rotatable bonds is 17. The minimum absolute atomic E-state index is 0.0320. The number of aryl methyl sites for hydroxylation is 1. The number of hydrogen-bond acceptors (Lipinski definition) is 9. The van der Waals surface area contributed by atoms with Crippen molar-refractivity contribution in [2.24, 2.45) is 0 Å². The number of nitrogens with zero attached hydrogens (tertiary/aromatic N) is 4. The maximum Gasteiger partial charge on any atom is 0.411 e. The lowest BCUT2D eigenvalue weighted by molar-refractivity contribution is -0.757. The summed E-state index contributed by atoms with van der Waals surface area (Å²) in [5.41, 5.74) is 1.34. The minimum Gasteiger partial charge on any atom is -0.488 e. The number of amides is 3. The highest BCUT2D eigenvalue weighted by Crippen LogP contribution is 2.44. The van der Waals surface area contributed by atoms with Gasteiger partial charge >= 0.3 is 12.2 Å². The highest BCUT2D eigenvalue weighted by atomic mass is 35.6. The highest BCUT2D eigenvalue weighted by molar-refractivity contribution is 6.68. The Morgan fingerprint density at radius 3 is 2.24 bits per heavy atom. The maximum absolute atomic E-state index is 15.1. The standard InChI is InChI=1S/C42H45Cl4F3N4O9/c1-4-50(23-28-11-5-6-12-31(28)43)38(54)35-30(27-15-13-26(14-16-27)10-9-20-59-37-33(48)18-17-32(47)36(37)49)22-29-24-51(39(55)60-19-7-8-21-61-53(57)58)25-34(35)52(29)40(56)62-41(2,3)42(44,45)46/h5-6,11-18,29,34H,4,7-10,19-25H2,1-3H3. The molecule has 2 heterocycles. The van der Waals surface area contributed by atoms with Gasteiger partial charge in [0.2, 0.25) is 9.61 Å². The summed E-state index contributed by atoms with van der Waals surface area (Å²) in [5.74, 6) is -4.88. The summed E-state index contributed by atoms with van der Waals surface area (Å²) in [6.07, 6.45) is -0.246. The Morgan fingerprint density at radius 1 is 0.903 bits per heavy atom. The van der Waals surface area contributed by atoms with Crippen LogP contribution in [0.25, 0.3) is 5.57 Å². The Hall–Kier alpha value is -4.64. The van der Waals surface area contributed by atoms with Gasteiger partial charge in [0.1, 0.15) is 0 Å². The second-order valence-electron chi connectivity index (χ2n) is 15.1. The number of carbonyl (C=O) groups excluding carboxylic acids is 3. The maximum atomic E-state index is 15.1. The molecule has 2 aliphatic rings. The quantitative estimate of drug-likeness (QED) is 0.0425. The fourth-order valence-electron chi connectivity index (χ4n) is 7.09. The normalized spacial score (nSPS) is 16.5. The van der Waals surface area contributed by atoms with Crippen LogP contribution in [-0.2, 0) is 32.1 Å². The van der Waals surface area contributed by atoms with E-state index in [1.54, 1.807) is 36.1 Å². The molecule has 2 bridgehead atoms. The monoisotopic (exact) mass is 946 g/mol. The van der Waals surface area contributed by atoms with Crippen LogP contribution < -0.4 is 4.74 Å². The molecule has 13 nitrogen and oxygen atoms in total. The summed E-state index contributed by atoms with van der Waals surface area (Å²) >= 11 is 25.2. The molecule has 20 heteroatoms. The van der Waals surface area contributed by atoms with Crippen LogP contribution in [0, 0.1) is 27.6 Å². The molecule has 0 aliphatic carbocycles. The van der Waals surface area contributed by atoms with Gasteiger partial charge in [0, 0.05) is 36.8 Å². The number of fused-ring (bicyclic) bond motifs is 2. The van der Waals surface area contributed by atoms with Crippen LogP contribution >= 0.6 is 46.4 Å². The van der Waals surface area contributed by atoms with Gasteiger partial charge in [-0.05, 0) is 93.3 Å². The van der Waals surface area contributed by atoms with E-state index in [9.17, 15) is 32.9 Å². The fourth-order valence-corrected chi connectivity index (χ4v) is 7.41. The molecule has 0 saturated carbocycles. The van der Waals surface area contributed by atoms with Crippen molar-refractivity contribution in [3.63, 3.8) is 0 Å². The van der Waals surface area contributed by atoms with E-state index in [0.29, 0.717) is 40.6 Å². The minimum atomic E-state index is -2.04. The number of alkyl halides is 3. The van der Waals surface area contributed by atoms with Gasteiger partial charge in [-0.3, -0.25) is 9.69 Å².